The smallest absolute Gasteiger partial charge is 0.248 e. The number of hydrazone groups is 1. The molecule has 4 N–H and O–H groups in total. The number of hydrogen-bond donors (Lipinski definition) is 2. The minimum absolute atomic E-state index is 0.451. The fourth-order valence-corrected chi connectivity index (χ4v) is 0.858. The highest BCUT2D eigenvalue weighted by atomic mass is 16.1. The summed E-state index contributed by atoms with van der Waals surface area (Å²) in [6.45, 7) is 0. The van der Waals surface area contributed by atoms with Crippen LogP contribution in [-0.2, 0) is 0 Å². The number of carbonyl (C=O) groups is 1. The Labute approximate surface area is 69.9 Å². The van der Waals surface area contributed by atoms with E-state index in [2.05, 4.69) is 5.10 Å². The van der Waals surface area contributed by atoms with Gasteiger partial charge in [0.05, 0.1) is 6.21 Å². The normalized spacial score (nSPS) is 10.3. The van der Waals surface area contributed by atoms with Crippen LogP contribution in [0.5, 0.6) is 0 Å². The van der Waals surface area contributed by atoms with Crippen molar-refractivity contribution >= 4 is 12.1 Å². The lowest BCUT2D eigenvalue weighted by atomic mass is 10.1. The summed E-state index contributed by atoms with van der Waals surface area (Å²) in [5.41, 5.74) is 6.27. The molecule has 1 aromatic carbocycles. The molecule has 0 aromatic heterocycles. The lowest BCUT2D eigenvalue weighted by Gasteiger charge is -1.95. The van der Waals surface area contributed by atoms with E-state index in [1.54, 1.807) is 24.3 Å². The fourth-order valence-electron chi connectivity index (χ4n) is 0.858. The molecule has 0 unspecified atom stereocenters. The van der Waals surface area contributed by atoms with Crippen LogP contribution in [0.2, 0.25) is 0 Å². The average molecular weight is 163 g/mol. The molecule has 0 bridgehead atoms. The first-order chi connectivity index (χ1) is 5.74. The molecule has 0 aliphatic heterocycles. The molecule has 4 heteroatoms. The fraction of sp³-hybridized carbons (Fsp3) is 0. The zero-order valence-electron chi connectivity index (χ0n) is 6.40. The van der Waals surface area contributed by atoms with Gasteiger partial charge in [0.25, 0.3) is 0 Å². The van der Waals surface area contributed by atoms with E-state index in [4.69, 9.17) is 11.6 Å². The molecular weight excluding hydrogens is 154 g/mol. The van der Waals surface area contributed by atoms with Crippen LogP contribution in [0.25, 0.3) is 0 Å². The van der Waals surface area contributed by atoms with E-state index < -0.39 is 5.91 Å². The van der Waals surface area contributed by atoms with E-state index in [1.165, 1.54) is 6.21 Å². The highest BCUT2D eigenvalue weighted by Gasteiger charge is 1.98. The summed E-state index contributed by atoms with van der Waals surface area (Å²) in [6, 6.07) is 6.76. The first-order valence-corrected chi connectivity index (χ1v) is 3.37. The van der Waals surface area contributed by atoms with Gasteiger partial charge in [0.15, 0.2) is 0 Å². The Hall–Kier alpha value is -1.84. The molecule has 0 heterocycles. The summed E-state index contributed by atoms with van der Waals surface area (Å²) in [6.07, 6.45) is 1.45. The maximum atomic E-state index is 10.7. The van der Waals surface area contributed by atoms with Gasteiger partial charge < -0.3 is 11.6 Å². The van der Waals surface area contributed by atoms with Gasteiger partial charge in [-0.25, -0.2) is 0 Å². The molecular formula is C8H9N3O. The Morgan fingerprint density at radius 2 is 2.25 bits per heavy atom. The van der Waals surface area contributed by atoms with Gasteiger partial charge in [0.1, 0.15) is 0 Å². The summed E-state index contributed by atoms with van der Waals surface area (Å²) < 4.78 is 0. The SMILES string of the molecule is NN=Cc1cccc(C(N)=O)c1. The molecule has 1 aromatic rings. The number of carbonyl (C=O) groups excluding carboxylic acids is 1. The predicted octanol–water partition coefficient (Wildman–Crippen LogP) is 0.0781. The molecule has 0 aliphatic carbocycles. The van der Waals surface area contributed by atoms with Gasteiger partial charge in [-0.15, -0.1) is 0 Å². The third-order valence-electron chi connectivity index (χ3n) is 1.39. The third kappa shape index (κ3) is 1.82. The number of amides is 1. The van der Waals surface area contributed by atoms with Gasteiger partial charge in [-0.2, -0.15) is 5.10 Å². The van der Waals surface area contributed by atoms with E-state index in [1.807, 2.05) is 0 Å². The second kappa shape index (κ2) is 3.52. The van der Waals surface area contributed by atoms with Crippen LogP contribution in [0.4, 0.5) is 0 Å². The third-order valence-corrected chi connectivity index (χ3v) is 1.39. The van der Waals surface area contributed by atoms with Crippen LogP contribution in [0.1, 0.15) is 15.9 Å². The molecule has 0 spiro atoms. The monoisotopic (exact) mass is 163 g/mol. The predicted molar refractivity (Wildman–Crippen MR) is 46.7 cm³/mol. The standard InChI is InChI=1S/C8H9N3O/c9-8(12)7-3-1-2-6(4-7)5-11-10/h1-5H,10H2,(H2,9,12). The summed E-state index contributed by atoms with van der Waals surface area (Å²) in [5, 5.41) is 3.33. The molecule has 0 aliphatic rings. The van der Waals surface area contributed by atoms with Crippen LogP contribution in [0.15, 0.2) is 29.4 Å². The van der Waals surface area contributed by atoms with Crippen LogP contribution < -0.4 is 11.6 Å². The molecule has 0 atom stereocenters. The van der Waals surface area contributed by atoms with E-state index in [0.717, 1.165) is 5.56 Å². The van der Waals surface area contributed by atoms with Crippen molar-refractivity contribution in [2.24, 2.45) is 16.7 Å². The lowest BCUT2D eigenvalue weighted by molar-refractivity contribution is 0.100. The van der Waals surface area contributed by atoms with E-state index in [0.29, 0.717) is 5.56 Å². The number of benzene rings is 1. The molecule has 1 rings (SSSR count). The number of hydrogen-bond acceptors (Lipinski definition) is 3. The highest BCUT2D eigenvalue weighted by Crippen LogP contribution is 2.01. The Bertz CT molecular complexity index is 320. The topological polar surface area (TPSA) is 81.5 Å². The number of rotatable bonds is 2. The van der Waals surface area contributed by atoms with Gasteiger partial charge in [-0.3, -0.25) is 4.79 Å². The van der Waals surface area contributed by atoms with Crippen LogP contribution in [0.3, 0.4) is 0 Å². The van der Waals surface area contributed by atoms with Crippen molar-refractivity contribution in [1.29, 1.82) is 0 Å². The van der Waals surface area contributed by atoms with Crippen molar-refractivity contribution < 1.29 is 4.79 Å². The molecule has 0 radical (unpaired) electrons. The zero-order chi connectivity index (χ0) is 8.97. The minimum atomic E-state index is -0.456. The van der Waals surface area contributed by atoms with Gasteiger partial charge >= 0.3 is 0 Å². The molecule has 1 amide bonds. The first-order valence-electron chi connectivity index (χ1n) is 3.37. The number of primary amides is 1. The maximum Gasteiger partial charge on any atom is 0.248 e. The Morgan fingerprint density at radius 1 is 1.50 bits per heavy atom. The minimum Gasteiger partial charge on any atom is -0.366 e. The summed E-state index contributed by atoms with van der Waals surface area (Å²) in [4.78, 5) is 10.7. The quantitative estimate of drug-likeness (QED) is 0.367. The van der Waals surface area contributed by atoms with E-state index in [-0.39, 0.29) is 0 Å². The average Bonchev–Trinajstić information content (AvgIpc) is 2.05. The van der Waals surface area contributed by atoms with Crippen molar-refractivity contribution in [3.8, 4) is 0 Å². The van der Waals surface area contributed by atoms with Gasteiger partial charge in [0, 0.05) is 5.56 Å². The second-order valence-corrected chi connectivity index (χ2v) is 2.27. The summed E-state index contributed by atoms with van der Waals surface area (Å²) in [7, 11) is 0. The van der Waals surface area contributed by atoms with Gasteiger partial charge in [-0.1, -0.05) is 12.1 Å². The van der Waals surface area contributed by atoms with Gasteiger partial charge in [-0.05, 0) is 17.7 Å². The molecule has 62 valence electrons. The largest absolute Gasteiger partial charge is 0.366 e. The Kier molecular flexibility index (Phi) is 2.42. The summed E-state index contributed by atoms with van der Waals surface area (Å²) >= 11 is 0. The van der Waals surface area contributed by atoms with Crippen molar-refractivity contribution in [2.75, 3.05) is 0 Å². The molecule has 4 nitrogen and oxygen atoms in total. The Balaban J connectivity index is 3.03. The second-order valence-electron chi connectivity index (χ2n) is 2.27. The maximum absolute atomic E-state index is 10.7. The molecule has 0 saturated carbocycles. The molecule has 12 heavy (non-hydrogen) atoms. The van der Waals surface area contributed by atoms with Crippen molar-refractivity contribution in [3.05, 3.63) is 35.4 Å². The molecule has 0 saturated heterocycles. The van der Waals surface area contributed by atoms with Gasteiger partial charge in [0.2, 0.25) is 5.91 Å². The van der Waals surface area contributed by atoms with Crippen LogP contribution in [-0.4, -0.2) is 12.1 Å². The Morgan fingerprint density at radius 3 is 2.83 bits per heavy atom. The van der Waals surface area contributed by atoms with Crippen molar-refractivity contribution in [2.45, 2.75) is 0 Å². The highest BCUT2D eigenvalue weighted by molar-refractivity contribution is 5.94. The summed E-state index contributed by atoms with van der Waals surface area (Å²) in [5.74, 6) is 4.48. The van der Waals surface area contributed by atoms with Crippen LogP contribution >= 0.6 is 0 Å². The first kappa shape index (κ1) is 8.26. The number of nitrogens with two attached hydrogens (primary N) is 2. The van der Waals surface area contributed by atoms with E-state index >= 15 is 0 Å². The molecule has 0 fully saturated rings. The van der Waals surface area contributed by atoms with Crippen LogP contribution in [0, 0.1) is 0 Å². The lowest BCUT2D eigenvalue weighted by Crippen LogP contribution is -2.10. The van der Waals surface area contributed by atoms with Crippen molar-refractivity contribution in [3.63, 3.8) is 0 Å². The van der Waals surface area contributed by atoms with Crippen molar-refractivity contribution in [1.82, 2.24) is 0 Å². The van der Waals surface area contributed by atoms with E-state index in [9.17, 15) is 4.79 Å². The number of nitrogens with zero attached hydrogens (tertiary/aromatic N) is 1. The zero-order valence-corrected chi connectivity index (χ0v) is 6.40.